The van der Waals surface area contributed by atoms with E-state index in [1.807, 2.05) is 38.1 Å². The molecule has 0 aliphatic heterocycles. The Labute approximate surface area is 172 Å². The molecular weight excluding hydrogens is 380 g/mol. The number of thiophene rings is 1. The molecule has 4 rings (SSSR count). The monoisotopic (exact) mass is 398 g/mol. The van der Waals surface area contributed by atoms with Gasteiger partial charge in [0.05, 0.1) is 6.07 Å². The molecule has 2 aromatic heterocycles. The van der Waals surface area contributed by atoms with Gasteiger partial charge in [-0.2, -0.15) is 10.2 Å². The first-order valence-corrected chi connectivity index (χ1v) is 9.93. The quantitative estimate of drug-likeness (QED) is 0.395. The zero-order valence-electron chi connectivity index (χ0n) is 16.0. The van der Waals surface area contributed by atoms with Crippen LogP contribution in [0.15, 0.2) is 60.1 Å². The van der Waals surface area contributed by atoms with Crippen LogP contribution in [0.3, 0.4) is 0 Å². The van der Waals surface area contributed by atoms with Crippen LogP contribution in [0.5, 0.6) is 11.6 Å². The minimum Gasteiger partial charge on any atom is -0.438 e. The summed E-state index contributed by atoms with van der Waals surface area (Å²) in [5, 5.41) is 15.2. The molecule has 0 saturated heterocycles. The van der Waals surface area contributed by atoms with Crippen molar-refractivity contribution in [2.45, 2.75) is 13.8 Å². The van der Waals surface area contributed by atoms with E-state index in [-0.39, 0.29) is 0 Å². The number of hydrogen-bond acceptors (Lipinski definition) is 6. The van der Waals surface area contributed by atoms with E-state index in [4.69, 9.17) is 10.00 Å². The fourth-order valence-corrected chi connectivity index (χ4v) is 3.88. The van der Waals surface area contributed by atoms with E-state index in [1.54, 1.807) is 29.7 Å². The second-order valence-corrected chi connectivity index (χ2v) is 7.51. The van der Waals surface area contributed by atoms with Gasteiger partial charge in [0.25, 0.3) is 0 Å². The Bertz CT molecular complexity index is 1230. The number of ether oxygens (including phenoxy) is 1. The number of benzene rings is 2. The molecule has 142 valence electrons. The fraction of sp³-hybridized carbons (Fsp3) is 0.0870. The number of nitrogens with one attached hydrogen (secondary N) is 1. The van der Waals surface area contributed by atoms with Crippen molar-refractivity contribution in [2.24, 2.45) is 0 Å². The highest BCUT2D eigenvalue weighted by Crippen LogP contribution is 2.30. The summed E-state index contributed by atoms with van der Waals surface area (Å²) in [6.07, 6.45) is 4.91. The molecule has 0 amide bonds. The second kappa shape index (κ2) is 8.13. The summed E-state index contributed by atoms with van der Waals surface area (Å²) in [7, 11) is 0. The van der Waals surface area contributed by atoms with Crippen LogP contribution in [0.25, 0.3) is 16.2 Å². The zero-order chi connectivity index (χ0) is 20.2. The first-order valence-electron chi connectivity index (χ1n) is 9.05. The normalized spacial score (nSPS) is 10.9. The lowest BCUT2D eigenvalue weighted by Crippen LogP contribution is -1.99. The number of nitriles is 1. The van der Waals surface area contributed by atoms with Crippen LogP contribution < -0.4 is 10.1 Å². The number of hydrogen-bond donors (Lipinski definition) is 1. The maximum atomic E-state index is 8.71. The predicted molar refractivity (Wildman–Crippen MR) is 118 cm³/mol. The highest BCUT2D eigenvalue weighted by atomic mass is 32.1. The second-order valence-electron chi connectivity index (χ2n) is 6.57. The van der Waals surface area contributed by atoms with Gasteiger partial charge in [0, 0.05) is 28.7 Å². The Balaban J connectivity index is 1.56. The number of nitrogens with zero attached hydrogens (tertiary/aromatic N) is 3. The molecule has 5 nitrogen and oxygen atoms in total. The van der Waals surface area contributed by atoms with E-state index in [0.29, 0.717) is 11.8 Å². The molecule has 0 radical (unpaired) electrons. The van der Waals surface area contributed by atoms with Crippen molar-refractivity contribution < 1.29 is 4.74 Å². The molecule has 0 fully saturated rings. The predicted octanol–water partition coefficient (Wildman–Crippen LogP) is 6.38. The molecule has 0 aliphatic rings. The van der Waals surface area contributed by atoms with Crippen molar-refractivity contribution in [3.8, 4) is 17.7 Å². The fourth-order valence-electron chi connectivity index (χ4n) is 3.11. The van der Waals surface area contributed by atoms with Gasteiger partial charge < -0.3 is 10.1 Å². The number of aromatic nitrogens is 2. The highest BCUT2D eigenvalue weighted by Gasteiger charge is 2.09. The van der Waals surface area contributed by atoms with Gasteiger partial charge in [0.2, 0.25) is 11.8 Å². The highest BCUT2D eigenvalue weighted by molar-refractivity contribution is 7.17. The van der Waals surface area contributed by atoms with Gasteiger partial charge in [-0.1, -0.05) is 0 Å². The third kappa shape index (κ3) is 4.26. The minimum absolute atomic E-state index is 0.464. The Morgan fingerprint density at radius 3 is 2.72 bits per heavy atom. The average molecular weight is 398 g/mol. The largest absolute Gasteiger partial charge is 0.438 e. The van der Waals surface area contributed by atoms with Crippen LogP contribution in [0, 0.1) is 25.2 Å². The van der Waals surface area contributed by atoms with E-state index < -0.39 is 0 Å². The van der Waals surface area contributed by atoms with Crippen molar-refractivity contribution in [1.29, 1.82) is 5.26 Å². The Morgan fingerprint density at radius 1 is 1.10 bits per heavy atom. The summed E-state index contributed by atoms with van der Waals surface area (Å²) >= 11 is 1.71. The lowest BCUT2D eigenvalue weighted by atomic mass is 10.1. The third-order valence-corrected chi connectivity index (χ3v) is 5.28. The van der Waals surface area contributed by atoms with Gasteiger partial charge in [-0.05, 0) is 83.8 Å². The lowest BCUT2D eigenvalue weighted by Gasteiger charge is -2.13. The van der Waals surface area contributed by atoms with Crippen LogP contribution in [-0.2, 0) is 0 Å². The molecule has 6 heteroatoms. The van der Waals surface area contributed by atoms with Gasteiger partial charge in [-0.3, -0.25) is 0 Å². The van der Waals surface area contributed by atoms with E-state index >= 15 is 0 Å². The third-order valence-electron chi connectivity index (χ3n) is 4.38. The molecule has 0 atom stereocenters. The molecule has 0 aliphatic carbocycles. The molecule has 1 N–H and O–H groups in total. The minimum atomic E-state index is 0.464. The van der Waals surface area contributed by atoms with E-state index in [2.05, 4.69) is 38.9 Å². The van der Waals surface area contributed by atoms with Crippen molar-refractivity contribution in [1.82, 2.24) is 9.97 Å². The summed E-state index contributed by atoms with van der Waals surface area (Å²) < 4.78 is 7.30. The first-order chi connectivity index (χ1) is 14.1. The van der Waals surface area contributed by atoms with E-state index in [9.17, 15) is 0 Å². The Hall–Kier alpha value is -3.69. The molecule has 0 saturated carbocycles. The van der Waals surface area contributed by atoms with Crippen LogP contribution >= 0.6 is 11.3 Å². The molecule has 4 aromatic rings. The number of allylic oxidation sites excluding steroid dienone is 1. The molecule has 0 spiro atoms. The Kier molecular flexibility index (Phi) is 5.23. The molecule has 0 unspecified atom stereocenters. The van der Waals surface area contributed by atoms with E-state index in [0.717, 1.165) is 28.1 Å². The lowest BCUT2D eigenvalue weighted by molar-refractivity contribution is 0.455. The topological polar surface area (TPSA) is 70.8 Å². The Morgan fingerprint density at radius 2 is 1.93 bits per heavy atom. The van der Waals surface area contributed by atoms with Gasteiger partial charge in [0.1, 0.15) is 5.75 Å². The van der Waals surface area contributed by atoms with E-state index in [1.165, 1.54) is 16.2 Å². The van der Waals surface area contributed by atoms with Crippen LogP contribution in [0.1, 0.15) is 16.7 Å². The van der Waals surface area contributed by atoms with Crippen molar-refractivity contribution >= 4 is 39.1 Å². The number of aryl methyl sites for hydroxylation is 2. The van der Waals surface area contributed by atoms with Crippen molar-refractivity contribution in [3.63, 3.8) is 0 Å². The smallest absolute Gasteiger partial charge is 0.230 e. The average Bonchev–Trinajstić information content (AvgIpc) is 3.17. The van der Waals surface area contributed by atoms with Crippen LogP contribution in [-0.4, -0.2) is 9.97 Å². The molecule has 2 aromatic carbocycles. The molecule has 0 bridgehead atoms. The van der Waals surface area contributed by atoms with Crippen LogP contribution in [0.2, 0.25) is 0 Å². The molecular formula is C23H18N4OS. The SMILES string of the molecule is Cc1cc(/C=C/C#N)cc(C)c1Oc1ccnc(Nc2ccc3sccc3c2)n1. The van der Waals surface area contributed by atoms with Gasteiger partial charge in [0.15, 0.2) is 0 Å². The number of anilines is 2. The number of fused-ring (bicyclic) bond motifs is 1. The van der Waals surface area contributed by atoms with Gasteiger partial charge in [-0.15, -0.1) is 11.3 Å². The summed E-state index contributed by atoms with van der Waals surface area (Å²) in [4.78, 5) is 8.78. The maximum absolute atomic E-state index is 8.71. The summed E-state index contributed by atoms with van der Waals surface area (Å²) in [5.74, 6) is 1.69. The summed E-state index contributed by atoms with van der Waals surface area (Å²) in [6.45, 7) is 3.95. The van der Waals surface area contributed by atoms with Crippen molar-refractivity contribution in [2.75, 3.05) is 5.32 Å². The standard InChI is InChI=1S/C23H18N4OS/c1-15-12-17(4-3-9-24)13-16(2)22(15)28-21-7-10-25-23(27-21)26-19-5-6-20-18(14-19)8-11-29-20/h3-8,10-14H,1-2H3,(H,25,26,27)/b4-3+. The van der Waals surface area contributed by atoms with Crippen molar-refractivity contribution in [3.05, 3.63) is 76.8 Å². The molecule has 29 heavy (non-hydrogen) atoms. The maximum Gasteiger partial charge on any atom is 0.230 e. The van der Waals surface area contributed by atoms with Crippen LogP contribution in [0.4, 0.5) is 11.6 Å². The van der Waals surface area contributed by atoms with Gasteiger partial charge in [-0.25, -0.2) is 4.98 Å². The van der Waals surface area contributed by atoms with Gasteiger partial charge >= 0.3 is 0 Å². The number of rotatable bonds is 5. The molecule has 2 heterocycles. The zero-order valence-corrected chi connectivity index (χ0v) is 16.8. The summed E-state index contributed by atoms with van der Waals surface area (Å²) in [5.41, 5.74) is 3.83. The first kappa shape index (κ1) is 18.7. The summed E-state index contributed by atoms with van der Waals surface area (Å²) in [6, 6.07) is 16.0.